The van der Waals surface area contributed by atoms with E-state index in [1.807, 2.05) is 0 Å². The van der Waals surface area contributed by atoms with E-state index in [1.54, 1.807) is 0 Å². The topological polar surface area (TPSA) is 27.7 Å². The quantitative estimate of drug-likeness (QED) is 0.377. The van der Waals surface area contributed by atoms with Gasteiger partial charge in [0.15, 0.2) is 0 Å². The molecule has 1 unspecified atom stereocenters. The molecule has 0 aromatic heterocycles. The van der Waals surface area contributed by atoms with E-state index in [4.69, 9.17) is 1.37 Å². The molecular formula is C2H4O3. The van der Waals surface area contributed by atoms with Gasteiger partial charge in [0.25, 0.3) is 0 Å². The summed E-state index contributed by atoms with van der Waals surface area (Å²) in [6, 6.07) is 0. The van der Waals surface area contributed by atoms with Crippen LogP contribution in [0.2, 0.25) is 0 Å². The third-order valence-corrected chi connectivity index (χ3v) is 0.292. The molecule has 1 rings (SSSR count). The molecule has 1 heterocycles. The van der Waals surface area contributed by atoms with Crippen LogP contribution in [0.3, 0.4) is 0 Å². The molecule has 0 aromatic carbocycles. The highest BCUT2D eigenvalue weighted by atomic mass is 17.5. The highest BCUT2D eigenvalue weighted by molar-refractivity contribution is 4.17. The molecule has 0 saturated carbocycles. The summed E-state index contributed by atoms with van der Waals surface area (Å²) in [6.07, 6.45) is 0. The number of hydrogen-bond acceptors (Lipinski definition) is 3. The summed E-state index contributed by atoms with van der Waals surface area (Å²) in [7, 11) is 0. The van der Waals surface area contributed by atoms with Crippen LogP contribution in [-0.2, 0) is 14.8 Å². The zero-order valence-corrected chi connectivity index (χ0v) is 2.51. The van der Waals surface area contributed by atoms with Crippen LogP contribution in [0.1, 0.15) is 1.37 Å². The maximum Gasteiger partial charge on any atom is 0.112 e. The Bertz CT molecular complexity index is 42.1. The van der Waals surface area contributed by atoms with Crippen molar-refractivity contribution in [2.24, 2.45) is 0 Å². The first-order valence-electron chi connectivity index (χ1n) is 1.84. The predicted octanol–water partition coefficient (Wildman–Crippen LogP) is -0.120. The standard InChI is InChI=1S/C2H4O3/c1-2-4-5-3-1/h1-2H2/i1D. The van der Waals surface area contributed by atoms with Crippen molar-refractivity contribution in [2.45, 2.75) is 0 Å². The van der Waals surface area contributed by atoms with E-state index in [1.165, 1.54) is 0 Å². The van der Waals surface area contributed by atoms with E-state index in [0.717, 1.165) is 0 Å². The van der Waals surface area contributed by atoms with Crippen molar-refractivity contribution in [1.29, 1.82) is 0 Å². The van der Waals surface area contributed by atoms with Gasteiger partial charge in [-0.15, -0.1) is 0 Å². The lowest BCUT2D eigenvalue weighted by molar-refractivity contribution is -0.452. The van der Waals surface area contributed by atoms with Crippen molar-refractivity contribution < 1.29 is 16.2 Å². The van der Waals surface area contributed by atoms with Crippen molar-refractivity contribution in [1.82, 2.24) is 0 Å². The second-order valence-corrected chi connectivity index (χ2v) is 0.615. The van der Waals surface area contributed by atoms with Crippen molar-refractivity contribution in [2.75, 3.05) is 13.2 Å². The van der Waals surface area contributed by atoms with E-state index >= 15 is 0 Å². The molecule has 30 valence electrons. The average Bonchev–Trinajstić information content (AvgIpc) is 1.86. The normalized spacial score (nSPS) is 41.6. The SMILES string of the molecule is [2H]C1COOO1. The van der Waals surface area contributed by atoms with Gasteiger partial charge in [0.1, 0.15) is 13.2 Å². The largest absolute Gasteiger partial charge is 0.204 e. The molecule has 1 saturated heterocycles. The number of hydrogen-bond donors (Lipinski definition) is 0. The second kappa shape index (κ2) is 1.35. The van der Waals surface area contributed by atoms with Gasteiger partial charge >= 0.3 is 0 Å². The van der Waals surface area contributed by atoms with Crippen LogP contribution in [0.4, 0.5) is 0 Å². The van der Waals surface area contributed by atoms with Gasteiger partial charge in [0.05, 0.1) is 1.37 Å². The third kappa shape index (κ3) is 0.576. The number of rotatable bonds is 0. The van der Waals surface area contributed by atoms with Crippen molar-refractivity contribution in [3.8, 4) is 0 Å². The Labute approximate surface area is 30.7 Å². The molecule has 0 amide bonds. The Morgan fingerprint density at radius 3 is 2.80 bits per heavy atom. The Morgan fingerprint density at radius 1 is 1.60 bits per heavy atom. The van der Waals surface area contributed by atoms with Crippen molar-refractivity contribution >= 4 is 0 Å². The van der Waals surface area contributed by atoms with E-state index in [-0.39, 0.29) is 6.61 Å². The summed E-state index contributed by atoms with van der Waals surface area (Å²) < 4.78 is 6.66. The molecule has 3 heteroatoms. The summed E-state index contributed by atoms with van der Waals surface area (Å²) in [5.41, 5.74) is 0. The van der Waals surface area contributed by atoms with E-state index in [2.05, 4.69) is 14.8 Å². The van der Waals surface area contributed by atoms with Gasteiger partial charge in [0.2, 0.25) is 0 Å². The lowest BCUT2D eigenvalue weighted by Crippen LogP contribution is -1.79. The van der Waals surface area contributed by atoms with Crippen LogP contribution in [-0.4, -0.2) is 13.2 Å². The minimum absolute atomic E-state index is 0.208. The van der Waals surface area contributed by atoms with Crippen LogP contribution in [0.5, 0.6) is 0 Å². The van der Waals surface area contributed by atoms with Gasteiger partial charge in [-0.2, -0.15) is 0 Å². The zero-order chi connectivity index (χ0) is 4.41. The highest BCUT2D eigenvalue weighted by Crippen LogP contribution is 1.88. The van der Waals surface area contributed by atoms with Gasteiger partial charge in [0, 0.05) is 0 Å². The van der Waals surface area contributed by atoms with Gasteiger partial charge < -0.3 is 0 Å². The highest BCUT2D eigenvalue weighted by Gasteiger charge is 1.96. The van der Waals surface area contributed by atoms with E-state index in [0.29, 0.717) is 0 Å². The van der Waals surface area contributed by atoms with Crippen molar-refractivity contribution in [3.63, 3.8) is 0 Å². The van der Waals surface area contributed by atoms with Gasteiger partial charge in [-0.05, 0) is 0 Å². The Kier molecular flexibility index (Phi) is 0.574. The first kappa shape index (κ1) is 2.12. The van der Waals surface area contributed by atoms with Crippen LogP contribution in [0.15, 0.2) is 0 Å². The zero-order valence-electron chi connectivity index (χ0n) is 3.51. The monoisotopic (exact) mass is 77.0 g/mol. The molecule has 1 aliphatic rings. The first-order valence-corrected chi connectivity index (χ1v) is 1.27. The Balaban J connectivity index is 2.18. The van der Waals surface area contributed by atoms with Gasteiger partial charge in [-0.25, -0.2) is 9.78 Å². The molecule has 1 aliphatic heterocycles. The van der Waals surface area contributed by atoms with Crippen LogP contribution in [0, 0.1) is 0 Å². The minimum Gasteiger partial charge on any atom is -0.204 e. The molecule has 3 nitrogen and oxygen atoms in total. The van der Waals surface area contributed by atoms with Crippen LogP contribution >= 0.6 is 0 Å². The van der Waals surface area contributed by atoms with Gasteiger partial charge in [-0.1, -0.05) is 5.04 Å². The van der Waals surface area contributed by atoms with E-state index in [9.17, 15) is 0 Å². The summed E-state index contributed by atoms with van der Waals surface area (Å²) >= 11 is 0. The minimum atomic E-state index is -0.648. The molecule has 0 aliphatic carbocycles. The summed E-state index contributed by atoms with van der Waals surface area (Å²) in [4.78, 5) is 8.24. The lowest BCUT2D eigenvalue weighted by atomic mass is 10.8. The summed E-state index contributed by atoms with van der Waals surface area (Å²) in [6.45, 7) is -0.440. The second-order valence-electron chi connectivity index (χ2n) is 0.615. The summed E-state index contributed by atoms with van der Waals surface area (Å²) in [5, 5.41) is 3.87. The maximum atomic E-state index is 6.66. The van der Waals surface area contributed by atoms with E-state index < -0.39 is 6.58 Å². The maximum absolute atomic E-state index is 6.66. The molecule has 0 spiro atoms. The lowest BCUT2D eigenvalue weighted by Gasteiger charge is -1.75. The molecule has 0 N–H and O–H groups in total. The molecule has 1 fully saturated rings. The fourth-order valence-electron chi connectivity index (χ4n) is 0.139. The predicted molar refractivity (Wildman–Crippen MR) is 13.0 cm³/mol. The molecule has 1 atom stereocenters. The molecule has 5 heavy (non-hydrogen) atoms. The average molecular weight is 77.1 g/mol. The van der Waals surface area contributed by atoms with Crippen LogP contribution in [0.25, 0.3) is 0 Å². The fourth-order valence-corrected chi connectivity index (χ4v) is 0.139. The van der Waals surface area contributed by atoms with Crippen LogP contribution < -0.4 is 0 Å². The molecule has 0 bridgehead atoms. The van der Waals surface area contributed by atoms with Crippen molar-refractivity contribution in [3.05, 3.63) is 0 Å². The Hall–Kier alpha value is -0.120. The third-order valence-electron chi connectivity index (χ3n) is 0.292. The summed E-state index contributed by atoms with van der Waals surface area (Å²) in [5.74, 6) is 0. The fraction of sp³-hybridized carbons (Fsp3) is 1.00. The first-order chi connectivity index (χ1) is 2.89. The molecule has 0 aromatic rings. The molecular weight excluding hydrogens is 72.0 g/mol. The smallest absolute Gasteiger partial charge is 0.112 e. The molecule has 0 radical (unpaired) electrons. The van der Waals surface area contributed by atoms with Gasteiger partial charge in [-0.3, -0.25) is 0 Å². The Morgan fingerprint density at radius 2 is 2.60 bits per heavy atom.